The third-order valence-electron chi connectivity index (χ3n) is 3.16. The topological polar surface area (TPSA) is 89.0 Å². The fourth-order valence-electron chi connectivity index (χ4n) is 1.94. The van der Waals surface area contributed by atoms with Crippen LogP contribution in [0.4, 0.5) is 11.4 Å². The number of ether oxygens (including phenoxy) is 2. The molecule has 0 aliphatic carbocycles. The van der Waals surface area contributed by atoms with Gasteiger partial charge in [-0.25, -0.2) is 14.6 Å². The first-order valence-corrected chi connectivity index (χ1v) is 7.73. The lowest BCUT2D eigenvalue weighted by molar-refractivity contribution is -0.138. The van der Waals surface area contributed by atoms with E-state index in [-0.39, 0.29) is 11.7 Å². The molecule has 7 nitrogen and oxygen atoms in total. The van der Waals surface area contributed by atoms with Crippen molar-refractivity contribution < 1.29 is 19.1 Å². The summed E-state index contributed by atoms with van der Waals surface area (Å²) in [5, 5.41) is 6.13. The molecule has 2 aromatic carbocycles. The van der Waals surface area contributed by atoms with Gasteiger partial charge >= 0.3 is 11.9 Å². The first-order valence-electron chi connectivity index (χ1n) is 7.73. The number of methoxy groups -OCH3 is 2. The van der Waals surface area contributed by atoms with Crippen LogP contribution in [0.15, 0.2) is 77.4 Å². The van der Waals surface area contributed by atoms with Crippen LogP contribution >= 0.6 is 0 Å². The number of hydrogen-bond donors (Lipinski definition) is 2. The van der Waals surface area contributed by atoms with Gasteiger partial charge in [-0.05, 0) is 24.3 Å². The Morgan fingerprint density at radius 1 is 0.846 bits per heavy atom. The summed E-state index contributed by atoms with van der Waals surface area (Å²) in [7, 11) is 2.42. The fraction of sp³-hybridized carbons (Fsp3) is 0.105. The van der Waals surface area contributed by atoms with Gasteiger partial charge < -0.3 is 20.1 Å². The van der Waals surface area contributed by atoms with E-state index in [1.807, 2.05) is 60.7 Å². The summed E-state index contributed by atoms with van der Waals surface area (Å²) in [5.74, 6) is -1.24. The summed E-state index contributed by atoms with van der Waals surface area (Å²) in [4.78, 5) is 27.7. The molecule has 0 atom stereocenters. The second kappa shape index (κ2) is 9.63. The first-order chi connectivity index (χ1) is 12.6. The number of carbonyl (C=O) groups is 2. The molecule has 2 aromatic rings. The van der Waals surface area contributed by atoms with Crippen LogP contribution in [0.25, 0.3) is 0 Å². The maximum Gasteiger partial charge on any atom is 0.357 e. The summed E-state index contributed by atoms with van der Waals surface area (Å²) in [6, 6.07) is 18.5. The van der Waals surface area contributed by atoms with Crippen LogP contribution in [0.5, 0.6) is 0 Å². The standard InChI is InChI=1S/C19H19N3O4/c1-25-17(23)13-16(18(24)26-2)22-19(20-14-9-5-3-6-10-14)21-15-11-7-4-8-12-15/h3-13H,1-2H3,(H2,20,21,22)/b16-13+. The third-order valence-corrected chi connectivity index (χ3v) is 3.16. The van der Waals surface area contributed by atoms with E-state index in [1.54, 1.807) is 0 Å². The highest BCUT2D eigenvalue weighted by Crippen LogP contribution is 2.11. The monoisotopic (exact) mass is 353 g/mol. The van der Waals surface area contributed by atoms with Crippen LogP contribution < -0.4 is 10.6 Å². The molecule has 0 saturated heterocycles. The molecule has 2 N–H and O–H groups in total. The minimum atomic E-state index is -0.766. The number of benzene rings is 2. The van der Waals surface area contributed by atoms with Crippen molar-refractivity contribution in [2.75, 3.05) is 24.9 Å². The molecule has 0 saturated carbocycles. The Morgan fingerprint density at radius 3 is 1.77 bits per heavy atom. The van der Waals surface area contributed by atoms with Crippen LogP contribution in [0.2, 0.25) is 0 Å². The molecule has 0 fully saturated rings. The number of esters is 2. The Labute approximate surface area is 151 Å². The number of nitrogens with one attached hydrogen (secondary N) is 2. The SMILES string of the molecule is COC(=O)/C=C(/N=C(Nc1ccccc1)Nc1ccccc1)C(=O)OC. The number of hydrogen-bond acceptors (Lipinski definition) is 5. The van der Waals surface area contributed by atoms with E-state index in [9.17, 15) is 9.59 Å². The average Bonchev–Trinajstić information content (AvgIpc) is 2.68. The van der Waals surface area contributed by atoms with Crippen molar-refractivity contribution >= 4 is 29.3 Å². The van der Waals surface area contributed by atoms with Crippen molar-refractivity contribution in [1.82, 2.24) is 0 Å². The van der Waals surface area contributed by atoms with Gasteiger partial charge in [-0.2, -0.15) is 0 Å². The van der Waals surface area contributed by atoms with Crippen molar-refractivity contribution in [3.8, 4) is 0 Å². The van der Waals surface area contributed by atoms with Crippen molar-refractivity contribution in [1.29, 1.82) is 0 Å². The molecule has 7 heteroatoms. The zero-order valence-electron chi connectivity index (χ0n) is 14.4. The molecule has 0 heterocycles. The molecule has 0 aliphatic rings. The van der Waals surface area contributed by atoms with Crippen LogP contribution in [0.3, 0.4) is 0 Å². The molecule has 134 valence electrons. The molecule has 0 amide bonds. The zero-order chi connectivity index (χ0) is 18.8. The van der Waals surface area contributed by atoms with Crippen molar-refractivity contribution in [2.45, 2.75) is 0 Å². The summed E-state index contributed by atoms with van der Waals surface area (Å²) in [5.41, 5.74) is 1.29. The molecule has 2 rings (SSSR count). The summed E-state index contributed by atoms with van der Waals surface area (Å²) in [6.07, 6.45) is 0.963. The number of rotatable bonds is 5. The summed E-state index contributed by atoms with van der Waals surface area (Å²) < 4.78 is 9.24. The van der Waals surface area contributed by atoms with Crippen molar-refractivity contribution in [3.05, 3.63) is 72.4 Å². The molecule has 0 aliphatic heterocycles. The molecule has 0 unspecified atom stereocenters. The second-order valence-corrected chi connectivity index (χ2v) is 4.99. The van der Waals surface area contributed by atoms with Gasteiger partial charge in [-0.15, -0.1) is 0 Å². The number of nitrogens with zero attached hydrogens (tertiary/aromatic N) is 1. The van der Waals surface area contributed by atoms with Crippen LogP contribution in [0, 0.1) is 0 Å². The Bertz CT molecular complexity index is 759. The predicted octanol–water partition coefficient (Wildman–Crippen LogP) is 2.80. The predicted molar refractivity (Wildman–Crippen MR) is 99.7 cm³/mol. The van der Waals surface area contributed by atoms with Gasteiger partial charge in [0.05, 0.1) is 20.3 Å². The lowest BCUT2D eigenvalue weighted by Gasteiger charge is -2.13. The van der Waals surface area contributed by atoms with Gasteiger partial charge in [-0.3, -0.25) is 0 Å². The number of guanidine groups is 1. The van der Waals surface area contributed by atoms with Gasteiger partial charge in [0.15, 0.2) is 5.70 Å². The third kappa shape index (κ3) is 5.79. The lowest BCUT2D eigenvalue weighted by atomic mass is 10.3. The number of carbonyl (C=O) groups excluding carboxylic acids is 2. The smallest absolute Gasteiger partial charge is 0.357 e. The molecular formula is C19H19N3O4. The van der Waals surface area contributed by atoms with E-state index in [0.717, 1.165) is 17.5 Å². The maximum atomic E-state index is 11.9. The van der Waals surface area contributed by atoms with Crippen LogP contribution in [0.1, 0.15) is 0 Å². The fourth-order valence-corrected chi connectivity index (χ4v) is 1.94. The van der Waals surface area contributed by atoms with Gasteiger partial charge in [0, 0.05) is 11.4 Å². The number of aliphatic imine (C=N–C) groups is 1. The normalized spacial score (nSPS) is 10.5. The van der Waals surface area contributed by atoms with Gasteiger partial charge in [0.25, 0.3) is 0 Å². The molecule has 26 heavy (non-hydrogen) atoms. The summed E-state index contributed by atoms with van der Waals surface area (Å²) >= 11 is 0. The van der Waals surface area contributed by atoms with E-state index in [1.165, 1.54) is 14.2 Å². The maximum absolute atomic E-state index is 11.9. The number of para-hydroxylation sites is 2. The molecule has 0 aromatic heterocycles. The second-order valence-electron chi connectivity index (χ2n) is 4.99. The quantitative estimate of drug-likeness (QED) is 0.372. The highest BCUT2D eigenvalue weighted by Gasteiger charge is 2.14. The van der Waals surface area contributed by atoms with E-state index < -0.39 is 11.9 Å². The Balaban J connectivity index is 2.38. The molecular weight excluding hydrogens is 334 g/mol. The van der Waals surface area contributed by atoms with Crippen molar-refractivity contribution in [2.24, 2.45) is 4.99 Å². The highest BCUT2D eigenvalue weighted by molar-refractivity contribution is 6.07. The average molecular weight is 353 g/mol. The highest BCUT2D eigenvalue weighted by atomic mass is 16.5. The zero-order valence-corrected chi connectivity index (χ0v) is 14.4. The van der Waals surface area contributed by atoms with E-state index in [4.69, 9.17) is 0 Å². The summed E-state index contributed by atoms with van der Waals surface area (Å²) in [6.45, 7) is 0. The first kappa shape index (κ1) is 18.7. The van der Waals surface area contributed by atoms with E-state index in [0.29, 0.717) is 0 Å². The van der Waals surface area contributed by atoms with E-state index in [2.05, 4.69) is 25.1 Å². The van der Waals surface area contributed by atoms with Crippen LogP contribution in [-0.4, -0.2) is 32.1 Å². The number of anilines is 2. The minimum absolute atomic E-state index is 0.207. The van der Waals surface area contributed by atoms with Gasteiger partial charge in [0.2, 0.25) is 5.96 Å². The van der Waals surface area contributed by atoms with Crippen LogP contribution in [-0.2, 0) is 19.1 Å². The largest absolute Gasteiger partial charge is 0.466 e. The van der Waals surface area contributed by atoms with Crippen molar-refractivity contribution in [3.63, 3.8) is 0 Å². The minimum Gasteiger partial charge on any atom is -0.466 e. The Morgan fingerprint density at radius 2 is 1.35 bits per heavy atom. The Kier molecular flexibility index (Phi) is 6.93. The lowest BCUT2D eigenvalue weighted by Crippen LogP contribution is -2.23. The Hall–Kier alpha value is -3.61. The molecule has 0 bridgehead atoms. The van der Waals surface area contributed by atoms with Gasteiger partial charge in [-0.1, -0.05) is 36.4 Å². The van der Waals surface area contributed by atoms with Gasteiger partial charge in [0.1, 0.15) is 0 Å². The molecule has 0 radical (unpaired) electrons. The van der Waals surface area contributed by atoms with E-state index >= 15 is 0 Å². The molecule has 0 spiro atoms.